The van der Waals surface area contributed by atoms with Crippen LogP contribution in [0.2, 0.25) is 0 Å². The number of morpholine rings is 1. The van der Waals surface area contributed by atoms with Crippen LogP contribution in [0.1, 0.15) is 11.3 Å². The number of ether oxygens (including phenoxy) is 1. The predicted molar refractivity (Wildman–Crippen MR) is 134 cm³/mol. The molecule has 10 nitrogen and oxygen atoms in total. The molecule has 1 fully saturated rings. The number of hydrogen-bond donors (Lipinski definition) is 2. The maximum Gasteiger partial charge on any atom is 0.183 e. The molecule has 1 aliphatic heterocycles. The summed E-state index contributed by atoms with van der Waals surface area (Å²) in [5.41, 5.74) is 5.88. The topological polar surface area (TPSA) is 126 Å². The van der Waals surface area contributed by atoms with E-state index in [9.17, 15) is 4.79 Å². The van der Waals surface area contributed by atoms with Gasteiger partial charge in [0.2, 0.25) is 0 Å². The van der Waals surface area contributed by atoms with Gasteiger partial charge >= 0.3 is 0 Å². The highest BCUT2D eigenvalue weighted by Gasteiger charge is 2.18. The summed E-state index contributed by atoms with van der Waals surface area (Å²) >= 11 is 0. The Morgan fingerprint density at radius 2 is 1.78 bits per heavy atom. The number of nitrogens with one attached hydrogen (secondary N) is 2. The van der Waals surface area contributed by atoms with Gasteiger partial charge < -0.3 is 14.6 Å². The fourth-order valence-corrected chi connectivity index (χ4v) is 4.37. The minimum absolute atomic E-state index is 0.113. The number of anilines is 1. The van der Waals surface area contributed by atoms with Gasteiger partial charge in [-0.1, -0.05) is 24.3 Å². The summed E-state index contributed by atoms with van der Waals surface area (Å²) in [7, 11) is 0. The number of Topliss-reactive ketones (excluding diaryl/α,β-unsaturated/α-hetero) is 1. The number of imidazole rings is 1. The van der Waals surface area contributed by atoms with Gasteiger partial charge in [-0.25, -0.2) is 15.0 Å². The summed E-state index contributed by atoms with van der Waals surface area (Å²) in [5, 5.41) is 7.28. The van der Waals surface area contributed by atoms with E-state index >= 15 is 0 Å². The zero-order chi connectivity index (χ0) is 24.3. The lowest BCUT2D eigenvalue weighted by molar-refractivity contribution is -0.117. The lowest BCUT2D eigenvalue weighted by Crippen LogP contribution is -2.36. The van der Waals surface area contributed by atoms with Crippen LogP contribution < -0.4 is 4.90 Å². The van der Waals surface area contributed by atoms with Crippen molar-refractivity contribution in [2.45, 2.75) is 12.8 Å². The Hall–Kier alpha value is -4.44. The first kappa shape index (κ1) is 22.1. The number of benzene rings is 1. The van der Waals surface area contributed by atoms with Crippen LogP contribution in [0.3, 0.4) is 0 Å². The minimum Gasteiger partial charge on any atom is -0.378 e. The molecule has 2 N–H and O–H groups in total. The third kappa shape index (κ3) is 4.58. The van der Waals surface area contributed by atoms with Crippen LogP contribution in [-0.2, 0) is 22.4 Å². The summed E-state index contributed by atoms with van der Waals surface area (Å²) in [5.74, 6) is 1.68. The zero-order valence-electron chi connectivity index (χ0n) is 19.5. The molecule has 5 aromatic rings. The number of hydrogen-bond acceptors (Lipinski definition) is 8. The number of aromatic nitrogens is 7. The van der Waals surface area contributed by atoms with Crippen molar-refractivity contribution in [3.63, 3.8) is 0 Å². The van der Waals surface area contributed by atoms with E-state index in [1.165, 1.54) is 0 Å². The van der Waals surface area contributed by atoms with E-state index in [1.54, 1.807) is 18.7 Å². The number of rotatable bonds is 7. The normalized spacial score (nSPS) is 13.8. The first-order valence-corrected chi connectivity index (χ1v) is 11.8. The van der Waals surface area contributed by atoms with Crippen molar-refractivity contribution in [3.05, 3.63) is 72.4 Å². The number of pyridine rings is 1. The average Bonchev–Trinajstić information content (AvgIpc) is 3.57. The van der Waals surface area contributed by atoms with E-state index in [4.69, 9.17) is 4.74 Å². The van der Waals surface area contributed by atoms with Gasteiger partial charge in [-0.2, -0.15) is 5.10 Å². The van der Waals surface area contributed by atoms with Gasteiger partial charge in [0, 0.05) is 55.1 Å². The van der Waals surface area contributed by atoms with Crippen molar-refractivity contribution in [1.29, 1.82) is 0 Å². The van der Waals surface area contributed by atoms with E-state index in [-0.39, 0.29) is 5.78 Å². The molecule has 0 bridgehead atoms. The Morgan fingerprint density at radius 3 is 2.58 bits per heavy atom. The third-order valence-corrected chi connectivity index (χ3v) is 6.20. The number of carbonyl (C=O) groups is 1. The Morgan fingerprint density at radius 1 is 0.972 bits per heavy atom. The lowest BCUT2D eigenvalue weighted by atomic mass is 10.0. The van der Waals surface area contributed by atoms with Gasteiger partial charge in [-0.15, -0.1) is 0 Å². The molecule has 6 rings (SSSR count). The van der Waals surface area contributed by atoms with Crippen molar-refractivity contribution in [3.8, 4) is 22.6 Å². The van der Waals surface area contributed by atoms with Crippen molar-refractivity contribution < 1.29 is 9.53 Å². The van der Waals surface area contributed by atoms with Gasteiger partial charge in [0.25, 0.3) is 0 Å². The molecule has 5 heterocycles. The van der Waals surface area contributed by atoms with Crippen LogP contribution in [0.5, 0.6) is 0 Å². The first-order chi connectivity index (χ1) is 17.7. The van der Waals surface area contributed by atoms with Crippen molar-refractivity contribution in [1.82, 2.24) is 35.1 Å². The second-order valence-corrected chi connectivity index (χ2v) is 8.68. The molecule has 36 heavy (non-hydrogen) atoms. The maximum atomic E-state index is 12.7. The van der Waals surface area contributed by atoms with Gasteiger partial charge in [0.15, 0.2) is 11.5 Å². The molecule has 0 amide bonds. The van der Waals surface area contributed by atoms with Crippen LogP contribution in [0, 0.1) is 0 Å². The highest BCUT2D eigenvalue weighted by molar-refractivity contribution is 5.86. The van der Waals surface area contributed by atoms with Crippen molar-refractivity contribution in [2.75, 3.05) is 31.2 Å². The van der Waals surface area contributed by atoms with Gasteiger partial charge in [-0.3, -0.25) is 14.9 Å². The maximum absolute atomic E-state index is 12.7. The van der Waals surface area contributed by atoms with E-state index in [0.717, 1.165) is 58.3 Å². The summed E-state index contributed by atoms with van der Waals surface area (Å²) in [4.78, 5) is 35.8. The van der Waals surface area contributed by atoms with Gasteiger partial charge in [-0.05, 0) is 23.8 Å². The third-order valence-electron chi connectivity index (χ3n) is 6.20. The van der Waals surface area contributed by atoms with E-state index < -0.39 is 0 Å². The highest BCUT2D eigenvalue weighted by atomic mass is 16.5. The number of ketones is 1. The molecule has 0 unspecified atom stereocenters. The monoisotopic (exact) mass is 480 g/mol. The molecular formula is C26H24N8O2. The summed E-state index contributed by atoms with van der Waals surface area (Å²) in [6.07, 6.45) is 5.63. The Bertz CT molecular complexity index is 1490. The molecular weight excluding hydrogens is 456 g/mol. The number of nitrogens with zero attached hydrogens (tertiary/aromatic N) is 6. The molecule has 1 saturated heterocycles. The fraction of sp³-hybridized carbons (Fsp3) is 0.231. The van der Waals surface area contributed by atoms with Crippen LogP contribution >= 0.6 is 0 Å². The molecule has 0 radical (unpaired) electrons. The number of aromatic amines is 2. The quantitative estimate of drug-likeness (QED) is 0.364. The van der Waals surface area contributed by atoms with Crippen LogP contribution in [0.4, 0.5) is 5.82 Å². The van der Waals surface area contributed by atoms with Crippen molar-refractivity contribution in [2.24, 2.45) is 0 Å². The molecule has 4 aromatic heterocycles. The molecule has 0 atom stereocenters. The number of H-pyrrole nitrogens is 2. The molecule has 0 aliphatic carbocycles. The van der Waals surface area contributed by atoms with Crippen molar-refractivity contribution >= 4 is 22.8 Å². The second-order valence-electron chi connectivity index (χ2n) is 8.68. The molecule has 0 spiro atoms. The number of carbonyl (C=O) groups excluding carboxylic acids is 1. The predicted octanol–water partition coefficient (Wildman–Crippen LogP) is 3.00. The Balaban J connectivity index is 1.14. The smallest absolute Gasteiger partial charge is 0.183 e. The van der Waals surface area contributed by atoms with Gasteiger partial charge in [0.05, 0.1) is 18.9 Å². The Labute approximate surface area is 206 Å². The molecule has 1 aliphatic rings. The van der Waals surface area contributed by atoms with Gasteiger partial charge in [0.1, 0.15) is 23.5 Å². The van der Waals surface area contributed by atoms with Crippen LogP contribution in [0.25, 0.3) is 33.8 Å². The highest BCUT2D eigenvalue weighted by Crippen LogP contribution is 2.26. The summed E-state index contributed by atoms with van der Waals surface area (Å²) in [6, 6.07) is 13.6. The minimum atomic E-state index is 0.113. The SMILES string of the molecule is O=C(Cc1ccc(-c2nc3ncnc(N4CCOCC4)c3[nH]2)cc1)Cc1cc(-c2ccncc2)n[nH]1. The average molecular weight is 481 g/mol. The molecule has 0 saturated carbocycles. The van der Waals surface area contributed by atoms with E-state index in [1.807, 2.05) is 42.5 Å². The van der Waals surface area contributed by atoms with Crippen LogP contribution in [-0.4, -0.2) is 67.2 Å². The van der Waals surface area contributed by atoms with Crippen LogP contribution in [0.15, 0.2) is 61.2 Å². The summed E-state index contributed by atoms with van der Waals surface area (Å²) < 4.78 is 5.46. The largest absolute Gasteiger partial charge is 0.378 e. The fourth-order valence-electron chi connectivity index (χ4n) is 4.37. The molecule has 180 valence electrons. The second kappa shape index (κ2) is 9.67. The summed E-state index contributed by atoms with van der Waals surface area (Å²) in [6.45, 7) is 2.93. The number of fused-ring (bicyclic) bond motifs is 1. The lowest BCUT2D eigenvalue weighted by Gasteiger charge is -2.27. The zero-order valence-corrected chi connectivity index (χ0v) is 19.5. The molecule has 10 heteroatoms. The molecule has 1 aromatic carbocycles. The standard InChI is InChI=1S/C26H24N8O2/c35-21(14-20-15-22(33-32-20)18-5-7-27-8-6-18)13-17-1-3-19(4-2-17)24-30-23-25(31-24)28-16-29-26(23)34-9-11-36-12-10-34/h1-8,15-16H,9-14H2,(H,32,33)(H,28,29,30,31). The first-order valence-electron chi connectivity index (χ1n) is 11.8. The van der Waals surface area contributed by atoms with E-state index in [2.05, 4.69) is 40.0 Å². The Kier molecular flexibility index (Phi) is 5.92. The van der Waals surface area contributed by atoms with E-state index in [0.29, 0.717) is 31.7 Å².